The predicted molar refractivity (Wildman–Crippen MR) is 305 cm³/mol. The van der Waals surface area contributed by atoms with Gasteiger partial charge in [0.1, 0.15) is 116 Å². The van der Waals surface area contributed by atoms with Gasteiger partial charge in [0.15, 0.2) is 37.7 Å². The van der Waals surface area contributed by atoms with E-state index in [9.17, 15) is 84.5 Å². The molecule has 7 saturated heterocycles. The maximum atomic E-state index is 12.5. The maximum absolute atomic E-state index is 12.5. The van der Waals surface area contributed by atoms with E-state index in [2.05, 4.69) is 33.8 Å². The molecule has 39 atom stereocenters. The number of hydrogen-bond donors (Lipinski definition) is 15. The van der Waals surface area contributed by atoms with Gasteiger partial charge in [-0.05, 0) is 120 Å². The summed E-state index contributed by atoms with van der Waals surface area (Å²) in [6.07, 6.45) is -43.6. The largest absolute Gasteiger partial charge is 0.397 e. The first-order chi connectivity index (χ1) is 43.1. The molecule has 3 saturated carbocycles. The third kappa shape index (κ3) is 13.5. The zero-order chi connectivity index (χ0) is 66.9. The summed E-state index contributed by atoms with van der Waals surface area (Å²) in [5.74, 6) is -0.447. The molecule has 11 rings (SSSR count). The van der Waals surface area contributed by atoms with E-state index < -0.39 is 225 Å². The van der Waals surface area contributed by atoms with Crippen LogP contribution in [0.2, 0.25) is 0 Å². The van der Waals surface area contributed by atoms with Crippen molar-refractivity contribution in [3.05, 3.63) is 11.6 Å². The number of fused-ring (bicyclic) bond motifs is 5. The van der Waals surface area contributed by atoms with E-state index in [0.717, 1.165) is 12.8 Å². The molecular formula is C60H98O31S. The van der Waals surface area contributed by atoms with Crippen molar-refractivity contribution < 1.29 is 150 Å². The highest BCUT2D eigenvalue weighted by Gasteiger charge is 2.67. The van der Waals surface area contributed by atoms with E-state index in [0.29, 0.717) is 19.3 Å². The Hall–Kier alpha value is -1.47. The van der Waals surface area contributed by atoms with Gasteiger partial charge in [-0.3, -0.25) is 4.55 Å². The van der Waals surface area contributed by atoms with E-state index in [1.54, 1.807) is 0 Å². The number of allylic oxidation sites excluding steroid dienone is 2. The zero-order valence-corrected chi connectivity index (χ0v) is 53.8. The second kappa shape index (κ2) is 27.2. The van der Waals surface area contributed by atoms with E-state index >= 15 is 0 Å². The van der Waals surface area contributed by atoms with Crippen molar-refractivity contribution in [3.63, 3.8) is 0 Å². The van der Waals surface area contributed by atoms with Crippen LogP contribution in [0.1, 0.15) is 107 Å². The van der Waals surface area contributed by atoms with Crippen molar-refractivity contribution in [2.75, 3.05) is 13.2 Å². The summed E-state index contributed by atoms with van der Waals surface area (Å²) >= 11 is 0. The quantitative estimate of drug-likeness (QED) is 0.0378. The van der Waals surface area contributed by atoms with Crippen LogP contribution in [0.3, 0.4) is 0 Å². The smallest absolute Gasteiger partial charge is 0.388 e. The normalized spacial score (nSPS) is 54.8. The van der Waals surface area contributed by atoms with E-state index in [4.69, 9.17) is 65.8 Å². The van der Waals surface area contributed by atoms with Gasteiger partial charge in [-0.1, -0.05) is 39.3 Å². The summed E-state index contributed by atoms with van der Waals surface area (Å²) < 4.78 is 119. The Bertz CT molecular complexity index is 2660. The monoisotopic (exact) mass is 1350 g/mol. The lowest BCUT2D eigenvalue weighted by Gasteiger charge is -2.60. The Balaban J connectivity index is 0.840. The molecule has 0 bridgehead atoms. The van der Waals surface area contributed by atoms with Crippen LogP contribution < -0.4 is 0 Å². The Morgan fingerprint density at radius 2 is 1.04 bits per heavy atom. The third-order valence-corrected chi connectivity index (χ3v) is 23.0. The highest BCUT2D eigenvalue weighted by Crippen LogP contribution is 2.68. The Morgan fingerprint density at radius 1 is 0.533 bits per heavy atom. The first-order valence-electron chi connectivity index (χ1n) is 32.4. The highest BCUT2D eigenvalue weighted by atomic mass is 32.3. The number of hydrogen-bond acceptors (Lipinski definition) is 30. The average molecular weight is 1350 g/mol. The van der Waals surface area contributed by atoms with Crippen LogP contribution in [0.15, 0.2) is 11.6 Å². The molecule has 0 spiro atoms. The summed E-state index contributed by atoms with van der Waals surface area (Å²) in [6, 6.07) is 0. The fraction of sp³-hybridized carbons (Fsp3) is 0.967. The van der Waals surface area contributed by atoms with Gasteiger partial charge in [-0.25, -0.2) is 4.18 Å². The van der Waals surface area contributed by atoms with Crippen LogP contribution in [0.25, 0.3) is 0 Å². The van der Waals surface area contributed by atoms with Crippen molar-refractivity contribution in [1.82, 2.24) is 0 Å². The van der Waals surface area contributed by atoms with Crippen LogP contribution in [0.5, 0.6) is 0 Å². The lowest BCUT2D eigenvalue weighted by atomic mass is 9.47. The van der Waals surface area contributed by atoms with Crippen molar-refractivity contribution in [1.29, 1.82) is 0 Å². The molecule has 0 aromatic heterocycles. The molecule has 0 amide bonds. The maximum Gasteiger partial charge on any atom is 0.397 e. The van der Waals surface area contributed by atoms with Crippen LogP contribution in [-0.4, -0.2) is 300 Å². The summed E-state index contributed by atoms with van der Waals surface area (Å²) in [4.78, 5) is 0. The molecule has 92 heavy (non-hydrogen) atoms. The number of epoxide rings is 1. The Labute approximate surface area is 533 Å². The molecule has 7 aliphatic heterocycles. The number of aliphatic hydroxyl groups is 14. The minimum atomic E-state index is -4.88. The van der Waals surface area contributed by atoms with Crippen molar-refractivity contribution in [3.8, 4) is 0 Å². The van der Waals surface area contributed by atoms with Gasteiger partial charge < -0.3 is 133 Å². The van der Waals surface area contributed by atoms with E-state index in [1.807, 2.05) is 6.92 Å². The molecule has 530 valence electrons. The topological polar surface area (TPSA) is 470 Å². The summed E-state index contributed by atoms with van der Waals surface area (Å²) in [6.45, 7) is 14.9. The first-order valence-corrected chi connectivity index (χ1v) is 33.8. The number of ether oxygens (including phenoxy) is 13. The van der Waals surface area contributed by atoms with Crippen LogP contribution in [-0.2, 0) is 76.2 Å². The van der Waals surface area contributed by atoms with Crippen LogP contribution in [0.4, 0.5) is 0 Å². The molecule has 0 radical (unpaired) electrons. The Kier molecular flexibility index (Phi) is 21.3. The summed E-state index contributed by atoms with van der Waals surface area (Å²) in [5, 5.41) is 158. The molecule has 1 unspecified atom stereocenters. The highest BCUT2D eigenvalue weighted by molar-refractivity contribution is 7.80. The first kappa shape index (κ1) is 71.8. The zero-order valence-electron chi connectivity index (χ0n) is 53.0. The van der Waals surface area contributed by atoms with E-state index in [-0.39, 0.29) is 54.1 Å². The van der Waals surface area contributed by atoms with Crippen LogP contribution in [0, 0.1) is 40.4 Å². The SMILES string of the molecule is CC(C)[C@H]1O[C@H]1[C@](C)(O)[C@H]1CC[C@H]2C3C[C@H](O[C@@H]4O[C@H](C)[C@@H](O)[C@H](O[C@@H]5OC[C@@H](O[C@@H]6O[C@H](C)[C@@H](O)[C@H](O)[C@H]6O[C@@H]6O[C@H](C)[C@H](O)[C@H](O[C@@H]7OC[C@@H](O)[C@H](O)[C@H]7O)[C@H]6O)[C@H](O)[C@H]5O[C@@H]5O[C@H](C)[C@@H](O)[C@H](O)[C@H]5O)[C@H]4O)[C@H]4C[C@@H](OS(=O)(=O)O)CC[C@]4(C)C3=CC[C@]12C. The van der Waals surface area contributed by atoms with Gasteiger partial charge in [-0.15, -0.1) is 0 Å². The second-order valence-electron chi connectivity index (χ2n) is 28.8. The van der Waals surface area contributed by atoms with Crippen molar-refractivity contribution in [2.24, 2.45) is 40.4 Å². The number of rotatable bonds is 17. The number of aliphatic hydroxyl groups excluding tert-OH is 13. The molecule has 7 heterocycles. The van der Waals surface area contributed by atoms with Gasteiger partial charge in [0.05, 0.1) is 61.5 Å². The van der Waals surface area contributed by atoms with Crippen molar-refractivity contribution >= 4 is 10.4 Å². The Morgan fingerprint density at radius 3 is 1.64 bits per heavy atom. The van der Waals surface area contributed by atoms with Crippen molar-refractivity contribution in [2.45, 2.75) is 309 Å². The van der Waals surface area contributed by atoms with Gasteiger partial charge in [0.25, 0.3) is 0 Å². The van der Waals surface area contributed by atoms with E-state index in [1.165, 1.54) is 33.3 Å². The molecule has 32 heteroatoms. The third-order valence-electron chi connectivity index (χ3n) is 22.5. The molecule has 11 aliphatic rings. The summed E-state index contributed by atoms with van der Waals surface area (Å²) in [5.41, 5.74) is -0.939. The molecule has 10 fully saturated rings. The van der Waals surface area contributed by atoms with Gasteiger partial charge >= 0.3 is 10.4 Å². The fourth-order valence-corrected chi connectivity index (χ4v) is 17.6. The lowest BCUT2D eigenvalue weighted by Crippen LogP contribution is -2.67. The average Bonchev–Trinajstić information content (AvgIpc) is 1.34. The molecule has 4 aliphatic carbocycles. The molecule has 0 aromatic carbocycles. The lowest BCUT2D eigenvalue weighted by molar-refractivity contribution is -0.400. The minimum absolute atomic E-state index is 0.0560. The molecular weight excluding hydrogens is 1250 g/mol. The van der Waals surface area contributed by atoms with Gasteiger partial charge in [0, 0.05) is 0 Å². The summed E-state index contributed by atoms with van der Waals surface area (Å²) in [7, 11) is -4.88. The standard InChI is InChI=1S/C60H98O31S/c1-20(2)46-51(86-46)60(9,74)33-11-10-27-26-17-31(29-16-25(91-92(75,76)77)12-14-58(29,7)28(26)13-15-59(27,33)8)84-54-44(72)48(37(65)23(5)81-54)88-56-49(89-53-43(71)40(68)34(62)21(3)80-53)39(67)32(19-79-56)85-57-50(41(69)35(63)22(4)83-57)90-55-45(73)47(36(64)24(6)82-55)87-52-42(70)38(66)30(61)18-78-52/h13,20-27,29-57,61-74H,10-12,14-19H2,1-9H3,(H,75,76,77)/t21-,22-,23-,24-,25+,26?,27+,29-,30-,31+,32-,33+,34-,35-,36+,37-,38+,39+,40+,41+,42-,43-,44-,45-,46-,47+,48+,49-,50-,51-,52+,53+,54+,55+,56+,57+,58-,59+,60-/m1/s1. The minimum Gasteiger partial charge on any atom is -0.388 e. The predicted octanol–water partition coefficient (Wildman–Crippen LogP) is -3.77. The molecule has 15 N–H and O–H groups in total. The second-order valence-corrected chi connectivity index (χ2v) is 29.9. The van der Waals surface area contributed by atoms with Crippen LogP contribution >= 0.6 is 0 Å². The van der Waals surface area contributed by atoms with Gasteiger partial charge in [-0.2, -0.15) is 8.42 Å². The fourth-order valence-electron chi connectivity index (χ4n) is 17.1. The van der Waals surface area contributed by atoms with Gasteiger partial charge in [0.2, 0.25) is 0 Å². The molecule has 31 nitrogen and oxygen atoms in total. The molecule has 0 aromatic rings.